The van der Waals surface area contributed by atoms with Crippen molar-refractivity contribution in [2.45, 2.75) is 20.3 Å². The summed E-state index contributed by atoms with van der Waals surface area (Å²) in [6, 6.07) is 4.02. The van der Waals surface area contributed by atoms with Gasteiger partial charge in [0.15, 0.2) is 5.82 Å². The summed E-state index contributed by atoms with van der Waals surface area (Å²) in [5.41, 5.74) is 1.06. The summed E-state index contributed by atoms with van der Waals surface area (Å²) in [6.07, 6.45) is 6.71. The highest BCUT2D eigenvalue weighted by atomic mass is 32.2. The summed E-state index contributed by atoms with van der Waals surface area (Å²) in [6.45, 7) is 5.15. The Hall–Kier alpha value is -1.49. The summed E-state index contributed by atoms with van der Waals surface area (Å²) < 4.78 is 2.00. The lowest BCUT2D eigenvalue weighted by molar-refractivity contribution is 0.921. The van der Waals surface area contributed by atoms with Crippen LogP contribution in [0.15, 0.2) is 30.7 Å². The van der Waals surface area contributed by atoms with Crippen LogP contribution < -0.4 is 5.32 Å². The summed E-state index contributed by atoms with van der Waals surface area (Å²) in [5.74, 6) is 4.25. The molecule has 2 heterocycles. The average Bonchev–Trinajstić information content (AvgIpc) is 2.85. The number of aromatic nitrogens is 3. The molecule has 4 nitrogen and oxygen atoms in total. The molecule has 0 saturated heterocycles. The monoisotopic (exact) mass is 276 g/mol. The third-order valence-electron chi connectivity index (χ3n) is 2.83. The zero-order valence-corrected chi connectivity index (χ0v) is 12.3. The van der Waals surface area contributed by atoms with E-state index in [0.717, 1.165) is 30.3 Å². The summed E-state index contributed by atoms with van der Waals surface area (Å²) >= 11 is 1.98. The van der Waals surface area contributed by atoms with Crippen LogP contribution in [0.1, 0.15) is 19.2 Å². The molecule has 1 N–H and O–H groups in total. The van der Waals surface area contributed by atoms with Gasteiger partial charge < -0.3 is 5.32 Å². The molecule has 0 amide bonds. The Kier molecular flexibility index (Phi) is 5.27. The van der Waals surface area contributed by atoms with E-state index in [1.54, 1.807) is 6.20 Å². The van der Waals surface area contributed by atoms with Gasteiger partial charge in [0.2, 0.25) is 0 Å². The average molecular weight is 276 g/mol. The van der Waals surface area contributed by atoms with Gasteiger partial charge in [-0.3, -0.25) is 4.57 Å². The van der Waals surface area contributed by atoms with Gasteiger partial charge in [-0.2, -0.15) is 11.8 Å². The fraction of sp³-hybridized carbons (Fsp3) is 0.429. The van der Waals surface area contributed by atoms with Gasteiger partial charge in [0, 0.05) is 25.1 Å². The lowest BCUT2D eigenvalue weighted by Gasteiger charge is -2.12. The molecule has 0 saturated carbocycles. The Balaban J connectivity index is 2.03. The topological polar surface area (TPSA) is 42.7 Å². The van der Waals surface area contributed by atoms with Gasteiger partial charge in [-0.1, -0.05) is 6.92 Å². The molecule has 102 valence electrons. The van der Waals surface area contributed by atoms with E-state index in [-0.39, 0.29) is 0 Å². The number of anilines is 1. The molecular weight excluding hydrogens is 256 g/mol. The first-order chi connectivity index (χ1) is 9.33. The lowest BCUT2D eigenvalue weighted by Crippen LogP contribution is -2.08. The van der Waals surface area contributed by atoms with Crippen molar-refractivity contribution in [3.63, 3.8) is 0 Å². The van der Waals surface area contributed by atoms with E-state index >= 15 is 0 Å². The number of pyridine rings is 1. The van der Waals surface area contributed by atoms with E-state index in [1.165, 1.54) is 11.5 Å². The predicted octanol–water partition coefficient (Wildman–Crippen LogP) is 3.13. The number of rotatable bonds is 7. The standard InChI is InChI=1S/C14H20N4S/c1-3-19-11-5-8-16-13-6-4-7-17-14(13)18-10-9-15-12(18)2/h4,6-7,9-10,16H,3,5,8,11H2,1-2H3. The molecule has 0 spiro atoms. The van der Waals surface area contributed by atoms with E-state index in [2.05, 4.69) is 28.3 Å². The largest absolute Gasteiger partial charge is 0.382 e. The predicted molar refractivity (Wildman–Crippen MR) is 82.2 cm³/mol. The molecule has 2 rings (SSSR count). The number of aryl methyl sites for hydroxylation is 1. The van der Waals surface area contributed by atoms with Crippen molar-refractivity contribution in [2.75, 3.05) is 23.4 Å². The Morgan fingerprint density at radius 2 is 2.21 bits per heavy atom. The minimum Gasteiger partial charge on any atom is -0.382 e. The first-order valence-electron chi connectivity index (χ1n) is 6.60. The van der Waals surface area contributed by atoms with Crippen LogP contribution in [0.4, 0.5) is 5.69 Å². The van der Waals surface area contributed by atoms with Gasteiger partial charge in [-0.05, 0) is 37.0 Å². The van der Waals surface area contributed by atoms with Gasteiger partial charge in [0.1, 0.15) is 5.82 Å². The highest BCUT2D eigenvalue weighted by Gasteiger charge is 2.07. The van der Waals surface area contributed by atoms with Gasteiger partial charge in [-0.15, -0.1) is 0 Å². The van der Waals surface area contributed by atoms with Crippen LogP contribution >= 0.6 is 11.8 Å². The maximum atomic E-state index is 4.45. The fourth-order valence-electron chi connectivity index (χ4n) is 1.87. The Labute approximate surface area is 118 Å². The third-order valence-corrected chi connectivity index (χ3v) is 3.81. The van der Waals surface area contributed by atoms with Crippen LogP contribution in [0.25, 0.3) is 5.82 Å². The molecule has 0 bridgehead atoms. The quantitative estimate of drug-likeness (QED) is 0.789. The molecule has 0 fully saturated rings. The summed E-state index contributed by atoms with van der Waals surface area (Å²) in [7, 11) is 0. The summed E-state index contributed by atoms with van der Waals surface area (Å²) in [4.78, 5) is 8.70. The highest BCUT2D eigenvalue weighted by Crippen LogP contribution is 2.18. The van der Waals surface area contributed by atoms with Crippen molar-refractivity contribution >= 4 is 17.4 Å². The van der Waals surface area contributed by atoms with Gasteiger partial charge in [0.05, 0.1) is 5.69 Å². The van der Waals surface area contributed by atoms with Crippen molar-refractivity contribution in [3.05, 3.63) is 36.5 Å². The van der Waals surface area contributed by atoms with Crippen LogP contribution in [0, 0.1) is 6.92 Å². The SMILES string of the molecule is CCSCCCNc1cccnc1-n1ccnc1C. The molecule has 0 aliphatic heterocycles. The van der Waals surface area contributed by atoms with Crippen molar-refractivity contribution in [1.82, 2.24) is 14.5 Å². The maximum absolute atomic E-state index is 4.45. The molecule has 0 aliphatic rings. The van der Waals surface area contributed by atoms with Crippen molar-refractivity contribution < 1.29 is 0 Å². The number of nitrogens with zero attached hydrogens (tertiary/aromatic N) is 3. The number of thioether (sulfide) groups is 1. The smallest absolute Gasteiger partial charge is 0.161 e. The molecule has 5 heteroatoms. The Morgan fingerprint density at radius 3 is 2.95 bits per heavy atom. The van der Waals surface area contributed by atoms with Crippen LogP contribution in [0.3, 0.4) is 0 Å². The molecule has 0 aliphatic carbocycles. The van der Waals surface area contributed by atoms with Gasteiger partial charge in [-0.25, -0.2) is 9.97 Å². The van der Waals surface area contributed by atoms with E-state index in [0.29, 0.717) is 0 Å². The first kappa shape index (κ1) is 13.9. The number of hydrogen-bond acceptors (Lipinski definition) is 4. The molecule has 0 aromatic carbocycles. The first-order valence-corrected chi connectivity index (χ1v) is 7.75. The third kappa shape index (κ3) is 3.73. The van der Waals surface area contributed by atoms with Crippen LogP contribution in [0.5, 0.6) is 0 Å². The normalized spacial score (nSPS) is 10.6. The molecule has 0 radical (unpaired) electrons. The second kappa shape index (κ2) is 7.19. The maximum Gasteiger partial charge on any atom is 0.161 e. The number of hydrogen-bond donors (Lipinski definition) is 1. The molecule has 19 heavy (non-hydrogen) atoms. The van der Waals surface area contributed by atoms with Crippen LogP contribution in [-0.2, 0) is 0 Å². The molecule has 2 aromatic heterocycles. The minimum absolute atomic E-state index is 0.917. The van der Waals surface area contributed by atoms with E-state index in [1.807, 2.05) is 41.7 Å². The number of nitrogens with one attached hydrogen (secondary N) is 1. The van der Waals surface area contributed by atoms with Gasteiger partial charge in [0.25, 0.3) is 0 Å². The zero-order chi connectivity index (χ0) is 13.5. The molecule has 0 unspecified atom stereocenters. The minimum atomic E-state index is 0.917. The lowest BCUT2D eigenvalue weighted by atomic mass is 10.3. The van der Waals surface area contributed by atoms with Crippen LogP contribution in [0.2, 0.25) is 0 Å². The van der Waals surface area contributed by atoms with E-state index in [9.17, 15) is 0 Å². The fourth-order valence-corrected chi connectivity index (χ4v) is 2.51. The molecular formula is C14H20N4S. The van der Waals surface area contributed by atoms with Crippen molar-refractivity contribution in [2.24, 2.45) is 0 Å². The summed E-state index contributed by atoms with van der Waals surface area (Å²) in [5, 5.41) is 3.46. The zero-order valence-electron chi connectivity index (χ0n) is 11.5. The molecule has 2 aromatic rings. The van der Waals surface area contributed by atoms with E-state index < -0.39 is 0 Å². The molecule has 0 atom stereocenters. The van der Waals surface area contributed by atoms with Crippen molar-refractivity contribution in [3.8, 4) is 5.82 Å². The second-order valence-corrected chi connectivity index (χ2v) is 5.59. The number of imidazole rings is 1. The van der Waals surface area contributed by atoms with E-state index in [4.69, 9.17) is 0 Å². The Bertz CT molecular complexity index is 510. The van der Waals surface area contributed by atoms with Crippen LogP contribution in [-0.4, -0.2) is 32.6 Å². The van der Waals surface area contributed by atoms with Gasteiger partial charge >= 0.3 is 0 Å². The highest BCUT2D eigenvalue weighted by molar-refractivity contribution is 7.99. The Morgan fingerprint density at radius 1 is 1.32 bits per heavy atom. The van der Waals surface area contributed by atoms with Crippen molar-refractivity contribution in [1.29, 1.82) is 0 Å². The second-order valence-electron chi connectivity index (χ2n) is 4.20.